The minimum atomic E-state index is -0.284. The van der Waals surface area contributed by atoms with E-state index in [1.807, 2.05) is 19.1 Å². The number of hydrogen-bond acceptors (Lipinski definition) is 4. The zero-order valence-electron chi connectivity index (χ0n) is 14.2. The Morgan fingerprint density at radius 3 is 2.92 bits per heavy atom. The van der Waals surface area contributed by atoms with Crippen LogP contribution in [0.4, 0.5) is 9.52 Å². The van der Waals surface area contributed by atoms with Gasteiger partial charge in [0.15, 0.2) is 5.13 Å². The van der Waals surface area contributed by atoms with Crippen molar-refractivity contribution in [1.29, 1.82) is 0 Å². The molecular formula is C19H18BrFN2O2S. The maximum absolute atomic E-state index is 13.7. The number of ether oxygens (including phenoxy) is 1. The molecule has 0 radical (unpaired) electrons. The quantitative estimate of drug-likeness (QED) is 0.496. The lowest BCUT2D eigenvalue weighted by Gasteiger charge is -2.06. The Morgan fingerprint density at radius 2 is 2.15 bits per heavy atom. The van der Waals surface area contributed by atoms with Crippen molar-refractivity contribution in [3.05, 3.63) is 53.8 Å². The third kappa shape index (κ3) is 4.59. The highest BCUT2D eigenvalue weighted by atomic mass is 79.9. The molecule has 0 saturated carbocycles. The Kier molecular flexibility index (Phi) is 6.21. The molecule has 0 spiro atoms. The van der Waals surface area contributed by atoms with Crippen LogP contribution >= 0.6 is 27.3 Å². The van der Waals surface area contributed by atoms with E-state index in [4.69, 9.17) is 4.74 Å². The Labute approximate surface area is 163 Å². The van der Waals surface area contributed by atoms with Crippen LogP contribution in [0.15, 0.2) is 42.5 Å². The third-order valence-corrected chi connectivity index (χ3v) is 5.58. The monoisotopic (exact) mass is 436 g/mol. The van der Waals surface area contributed by atoms with Crippen LogP contribution in [-0.4, -0.2) is 15.7 Å². The van der Waals surface area contributed by atoms with Crippen LogP contribution in [0.3, 0.4) is 0 Å². The standard InChI is InChI=1S/C19H18BrFN2O2S/c1-2-5-14(20)18(24)23-19-22-16-9-8-13(10-17(16)26-19)25-11-12-6-3-4-7-15(12)21/h3-4,6-10,14H,2,5,11H2,1H3,(H,22,23,24)/t14-/m1/s1. The summed E-state index contributed by atoms with van der Waals surface area (Å²) in [5.74, 6) is 0.251. The Morgan fingerprint density at radius 1 is 1.35 bits per heavy atom. The van der Waals surface area contributed by atoms with Crippen LogP contribution in [-0.2, 0) is 11.4 Å². The number of aromatic nitrogens is 1. The van der Waals surface area contributed by atoms with Crippen LogP contribution in [0.25, 0.3) is 10.2 Å². The fraction of sp³-hybridized carbons (Fsp3) is 0.263. The number of benzene rings is 2. The number of nitrogens with one attached hydrogen (secondary N) is 1. The van der Waals surface area contributed by atoms with Crippen molar-refractivity contribution in [3.63, 3.8) is 0 Å². The van der Waals surface area contributed by atoms with Gasteiger partial charge in [0.05, 0.1) is 15.0 Å². The second-order valence-corrected chi connectivity index (χ2v) is 7.91. The number of carbonyl (C=O) groups excluding carboxylic acids is 1. The molecule has 1 aromatic heterocycles. The van der Waals surface area contributed by atoms with Crippen LogP contribution in [0.1, 0.15) is 25.3 Å². The average Bonchev–Trinajstić information content (AvgIpc) is 3.02. The second kappa shape index (κ2) is 8.60. The highest BCUT2D eigenvalue weighted by Gasteiger charge is 2.16. The van der Waals surface area contributed by atoms with Crippen molar-refractivity contribution >= 4 is 48.5 Å². The van der Waals surface area contributed by atoms with Gasteiger partial charge in [0.1, 0.15) is 18.2 Å². The van der Waals surface area contributed by atoms with Gasteiger partial charge in [0, 0.05) is 5.56 Å². The van der Waals surface area contributed by atoms with E-state index in [1.54, 1.807) is 24.3 Å². The van der Waals surface area contributed by atoms with Crippen molar-refractivity contribution in [1.82, 2.24) is 4.98 Å². The zero-order chi connectivity index (χ0) is 18.5. The van der Waals surface area contributed by atoms with Gasteiger partial charge in [-0.2, -0.15) is 0 Å². The average molecular weight is 437 g/mol. The first kappa shape index (κ1) is 18.8. The molecule has 0 unspecified atom stereocenters. The SMILES string of the molecule is CCC[C@@H](Br)C(=O)Nc1nc2ccc(OCc3ccccc3F)cc2s1. The summed E-state index contributed by atoms with van der Waals surface area (Å²) in [7, 11) is 0. The molecule has 0 aliphatic rings. The molecule has 1 atom stereocenters. The highest BCUT2D eigenvalue weighted by Crippen LogP contribution is 2.30. The van der Waals surface area contributed by atoms with Crippen LogP contribution < -0.4 is 10.1 Å². The summed E-state index contributed by atoms with van der Waals surface area (Å²) >= 11 is 4.76. The lowest BCUT2D eigenvalue weighted by atomic mass is 10.2. The maximum atomic E-state index is 13.7. The molecule has 136 valence electrons. The smallest absolute Gasteiger partial charge is 0.239 e. The number of amides is 1. The Hall–Kier alpha value is -1.99. The summed E-state index contributed by atoms with van der Waals surface area (Å²) in [6, 6.07) is 12.0. The lowest BCUT2D eigenvalue weighted by Crippen LogP contribution is -2.22. The van der Waals surface area contributed by atoms with Crippen molar-refractivity contribution in [2.75, 3.05) is 5.32 Å². The minimum Gasteiger partial charge on any atom is -0.489 e. The molecule has 26 heavy (non-hydrogen) atoms. The summed E-state index contributed by atoms with van der Waals surface area (Å²) in [6.45, 7) is 2.19. The van der Waals surface area contributed by atoms with Gasteiger partial charge in [0.25, 0.3) is 0 Å². The van der Waals surface area contributed by atoms with Gasteiger partial charge in [-0.05, 0) is 30.7 Å². The molecule has 3 aromatic rings. The molecule has 1 amide bonds. The molecule has 0 fully saturated rings. The van der Waals surface area contributed by atoms with E-state index in [0.29, 0.717) is 16.4 Å². The fourth-order valence-corrected chi connectivity index (χ4v) is 3.86. The Bertz CT molecular complexity index is 915. The number of hydrogen-bond donors (Lipinski definition) is 1. The van der Waals surface area contributed by atoms with Crippen LogP contribution in [0, 0.1) is 5.82 Å². The van der Waals surface area contributed by atoms with Crippen molar-refractivity contribution in [3.8, 4) is 5.75 Å². The molecule has 7 heteroatoms. The predicted molar refractivity (Wildman–Crippen MR) is 107 cm³/mol. The van der Waals surface area contributed by atoms with Crippen LogP contribution in [0.5, 0.6) is 5.75 Å². The third-order valence-electron chi connectivity index (χ3n) is 3.77. The first-order valence-electron chi connectivity index (χ1n) is 8.28. The van der Waals surface area contributed by atoms with Gasteiger partial charge in [-0.3, -0.25) is 4.79 Å². The molecule has 2 aromatic carbocycles. The zero-order valence-corrected chi connectivity index (χ0v) is 16.6. The molecular weight excluding hydrogens is 419 g/mol. The van der Waals surface area contributed by atoms with Gasteiger partial charge < -0.3 is 10.1 Å². The summed E-state index contributed by atoms with van der Waals surface area (Å²) < 4.78 is 20.2. The Balaban J connectivity index is 1.69. The topological polar surface area (TPSA) is 51.2 Å². The van der Waals surface area contributed by atoms with E-state index in [2.05, 4.69) is 26.2 Å². The van der Waals surface area contributed by atoms with E-state index in [0.717, 1.165) is 23.1 Å². The molecule has 1 N–H and O–H groups in total. The normalized spacial score (nSPS) is 12.1. The number of anilines is 1. The van der Waals surface area contributed by atoms with Crippen LogP contribution in [0.2, 0.25) is 0 Å². The van der Waals surface area contributed by atoms with Gasteiger partial charge in [0.2, 0.25) is 5.91 Å². The van der Waals surface area contributed by atoms with E-state index in [1.165, 1.54) is 17.4 Å². The number of fused-ring (bicyclic) bond motifs is 1. The molecule has 0 aliphatic heterocycles. The molecule has 0 aliphatic carbocycles. The summed E-state index contributed by atoms with van der Waals surface area (Å²) in [5, 5.41) is 3.38. The number of nitrogens with zero attached hydrogens (tertiary/aromatic N) is 1. The lowest BCUT2D eigenvalue weighted by molar-refractivity contribution is -0.115. The van der Waals surface area contributed by atoms with Gasteiger partial charge >= 0.3 is 0 Å². The fourth-order valence-electron chi connectivity index (χ4n) is 2.39. The molecule has 0 saturated heterocycles. The maximum Gasteiger partial charge on any atom is 0.239 e. The molecule has 0 bridgehead atoms. The van der Waals surface area contributed by atoms with E-state index >= 15 is 0 Å². The van der Waals surface area contributed by atoms with E-state index in [-0.39, 0.29) is 23.2 Å². The molecule has 1 heterocycles. The van der Waals surface area contributed by atoms with Crippen molar-refractivity contribution in [2.45, 2.75) is 31.2 Å². The summed E-state index contributed by atoms with van der Waals surface area (Å²) in [5.41, 5.74) is 1.29. The predicted octanol–water partition coefficient (Wildman–Crippen LogP) is 5.52. The number of alkyl halides is 1. The second-order valence-electron chi connectivity index (χ2n) is 5.77. The first-order chi connectivity index (χ1) is 12.6. The minimum absolute atomic E-state index is 0.0954. The van der Waals surface area contributed by atoms with Gasteiger partial charge in [-0.25, -0.2) is 9.37 Å². The summed E-state index contributed by atoms with van der Waals surface area (Å²) in [4.78, 5) is 16.3. The van der Waals surface area contributed by atoms with Gasteiger partial charge in [-0.15, -0.1) is 0 Å². The first-order valence-corrected chi connectivity index (χ1v) is 10.0. The van der Waals surface area contributed by atoms with E-state index < -0.39 is 0 Å². The number of carbonyl (C=O) groups is 1. The molecule has 4 nitrogen and oxygen atoms in total. The number of halogens is 2. The molecule has 3 rings (SSSR count). The number of thiazole rings is 1. The van der Waals surface area contributed by atoms with Crippen molar-refractivity contribution in [2.24, 2.45) is 0 Å². The largest absolute Gasteiger partial charge is 0.489 e. The van der Waals surface area contributed by atoms with Gasteiger partial charge in [-0.1, -0.05) is 58.8 Å². The van der Waals surface area contributed by atoms with Crippen molar-refractivity contribution < 1.29 is 13.9 Å². The number of rotatable bonds is 7. The van der Waals surface area contributed by atoms with E-state index in [9.17, 15) is 9.18 Å². The summed E-state index contributed by atoms with van der Waals surface area (Å²) in [6.07, 6.45) is 1.69. The highest BCUT2D eigenvalue weighted by molar-refractivity contribution is 9.10.